The maximum Gasteiger partial charge on any atom is 0.227 e. The summed E-state index contributed by atoms with van der Waals surface area (Å²) < 4.78 is 2.14. The fourth-order valence-corrected chi connectivity index (χ4v) is 4.44. The Morgan fingerprint density at radius 2 is 1.97 bits per heavy atom. The van der Waals surface area contributed by atoms with E-state index in [2.05, 4.69) is 27.0 Å². The van der Waals surface area contributed by atoms with Crippen molar-refractivity contribution >= 4 is 28.5 Å². The van der Waals surface area contributed by atoms with Gasteiger partial charge in [0.15, 0.2) is 0 Å². The van der Waals surface area contributed by atoms with Crippen molar-refractivity contribution < 1.29 is 9.59 Å². The van der Waals surface area contributed by atoms with Gasteiger partial charge >= 0.3 is 0 Å². The van der Waals surface area contributed by atoms with E-state index in [-0.39, 0.29) is 17.7 Å². The average Bonchev–Trinajstić information content (AvgIpc) is 3.36. The number of benzene rings is 1. The van der Waals surface area contributed by atoms with Crippen molar-refractivity contribution in [3.05, 3.63) is 54.1 Å². The van der Waals surface area contributed by atoms with Gasteiger partial charge in [0.25, 0.3) is 0 Å². The number of nitrogens with one attached hydrogen (secondary N) is 1. The number of fused-ring (bicyclic) bond motifs is 1. The van der Waals surface area contributed by atoms with Crippen LogP contribution in [0.25, 0.3) is 11.0 Å². The van der Waals surface area contributed by atoms with Crippen LogP contribution in [0.2, 0.25) is 0 Å². The van der Waals surface area contributed by atoms with E-state index < -0.39 is 0 Å². The first-order valence-electron chi connectivity index (χ1n) is 11.7. The second-order valence-corrected chi connectivity index (χ2v) is 8.84. The number of nitrogens with zero attached hydrogens (tertiary/aromatic N) is 4. The first kappa shape index (κ1) is 20.7. The van der Waals surface area contributed by atoms with Gasteiger partial charge in [0.1, 0.15) is 11.5 Å². The molecule has 1 aromatic carbocycles. The van der Waals surface area contributed by atoms with Crippen LogP contribution in [0.4, 0.5) is 5.69 Å². The van der Waals surface area contributed by atoms with Gasteiger partial charge in [-0.15, -0.1) is 0 Å². The number of hydrogen-bond donors (Lipinski definition) is 1. The van der Waals surface area contributed by atoms with Crippen molar-refractivity contribution in [3.63, 3.8) is 0 Å². The van der Waals surface area contributed by atoms with Crippen LogP contribution < -0.4 is 10.2 Å². The standard InChI is InChI=1S/C25H29N5O2/c31-23-6-2-14-30(23)21-9-7-18(8-10-21)16-22-27-17-20-11-15-29(24(20)28-22)13-3-12-26-25(32)19-4-1-5-19/h7-11,15,17,19H,1-6,12-14,16H2,(H,26,32). The third kappa shape index (κ3) is 4.38. The molecule has 1 saturated heterocycles. The zero-order valence-corrected chi connectivity index (χ0v) is 18.3. The third-order valence-corrected chi connectivity index (χ3v) is 6.59. The number of aromatic nitrogens is 3. The number of carbonyl (C=O) groups is 2. The number of hydrogen-bond acceptors (Lipinski definition) is 4. The molecule has 7 nitrogen and oxygen atoms in total. The number of amides is 2. The van der Waals surface area contributed by atoms with E-state index >= 15 is 0 Å². The zero-order chi connectivity index (χ0) is 21.9. The molecule has 3 aromatic rings. The van der Waals surface area contributed by atoms with Gasteiger partial charge in [-0.3, -0.25) is 9.59 Å². The molecule has 1 saturated carbocycles. The molecule has 5 rings (SSSR count). The third-order valence-electron chi connectivity index (χ3n) is 6.59. The Balaban J connectivity index is 1.20. The topological polar surface area (TPSA) is 80.1 Å². The Morgan fingerprint density at radius 1 is 1.12 bits per heavy atom. The van der Waals surface area contributed by atoms with Crippen molar-refractivity contribution in [3.8, 4) is 0 Å². The molecule has 32 heavy (non-hydrogen) atoms. The molecule has 0 spiro atoms. The van der Waals surface area contributed by atoms with E-state index in [4.69, 9.17) is 4.98 Å². The minimum atomic E-state index is 0.204. The number of anilines is 1. The van der Waals surface area contributed by atoms with E-state index in [0.29, 0.717) is 19.4 Å². The van der Waals surface area contributed by atoms with Gasteiger partial charge in [-0.25, -0.2) is 9.97 Å². The monoisotopic (exact) mass is 431 g/mol. The molecule has 1 aliphatic carbocycles. The highest BCUT2D eigenvalue weighted by molar-refractivity contribution is 5.95. The lowest BCUT2D eigenvalue weighted by Gasteiger charge is -2.24. The maximum absolute atomic E-state index is 12.0. The Bertz CT molecular complexity index is 1120. The second kappa shape index (κ2) is 9.10. The van der Waals surface area contributed by atoms with Crippen molar-refractivity contribution in [1.29, 1.82) is 0 Å². The quantitative estimate of drug-likeness (QED) is 0.554. The smallest absolute Gasteiger partial charge is 0.227 e. The Kier molecular flexibility index (Phi) is 5.88. The molecule has 2 fully saturated rings. The van der Waals surface area contributed by atoms with Crippen LogP contribution in [-0.4, -0.2) is 39.4 Å². The molecule has 7 heteroatoms. The summed E-state index contributed by atoms with van der Waals surface area (Å²) in [5.41, 5.74) is 3.02. The molecule has 1 N–H and O–H groups in total. The second-order valence-electron chi connectivity index (χ2n) is 8.84. The normalized spacial score (nSPS) is 16.5. The summed E-state index contributed by atoms with van der Waals surface area (Å²) in [5, 5.41) is 4.08. The molecule has 1 aliphatic heterocycles. The maximum atomic E-state index is 12.0. The minimum absolute atomic E-state index is 0.204. The number of rotatable bonds is 8. The summed E-state index contributed by atoms with van der Waals surface area (Å²) in [6.07, 6.45) is 10.3. The van der Waals surface area contributed by atoms with E-state index in [0.717, 1.165) is 66.9 Å². The first-order chi connectivity index (χ1) is 15.7. The summed E-state index contributed by atoms with van der Waals surface area (Å²) in [7, 11) is 0. The summed E-state index contributed by atoms with van der Waals surface area (Å²) in [5.74, 6) is 1.43. The molecule has 2 amide bonds. The summed E-state index contributed by atoms with van der Waals surface area (Å²) in [6.45, 7) is 2.31. The van der Waals surface area contributed by atoms with Gasteiger partial charge < -0.3 is 14.8 Å². The Morgan fingerprint density at radius 3 is 2.69 bits per heavy atom. The lowest BCUT2D eigenvalue weighted by Crippen LogP contribution is -2.35. The van der Waals surface area contributed by atoms with Gasteiger partial charge in [0.2, 0.25) is 11.8 Å². The van der Waals surface area contributed by atoms with E-state index in [1.807, 2.05) is 35.5 Å². The average molecular weight is 432 g/mol. The summed E-state index contributed by atoms with van der Waals surface area (Å²) >= 11 is 0. The van der Waals surface area contributed by atoms with E-state index in [1.54, 1.807) is 0 Å². The molecule has 3 heterocycles. The molecular formula is C25H29N5O2. The fourth-order valence-electron chi connectivity index (χ4n) is 4.44. The lowest BCUT2D eigenvalue weighted by molar-refractivity contribution is -0.127. The predicted octanol–water partition coefficient (Wildman–Crippen LogP) is 3.46. The van der Waals surface area contributed by atoms with Crippen molar-refractivity contribution in [2.24, 2.45) is 5.92 Å². The van der Waals surface area contributed by atoms with Crippen molar-refractivity contribution in [2.45, 2.75) is 51.5 Å². The van der Waals surface area contributed by atoms with Gasteiger partial charge in [-0.1, -0.05) is 18.6 Å². The largest absolute Gasteiger partial charge is 0.356 e. The molecule has 0 unspecified atom stereocenters. The minimum Gasteiger partial charge on any atom is -0.356 e. The van der Waals surface area contributed by atoms with Gasteiger partial charge in [0, 0.05) is 61.9 Å². The van der Waals surface area contributed by atoms with Crippen LogP contribution in [0.1, 0.15) is 49.9 Å². The highest BCUT2D eigenvalue weighted by Crippen LogP contribution is 2.26. The van der Waals surface area contributed by atoms with Crippen LogP contribution in [0.3, 0.4) is 0 Å². The number of aryl methyl sites for hydroxylation is 1. The van der Waals surface area contributed by atoms with Gasteiger partial charge in [-0.2, -0.15) is 0 Å². The molecular weight excluding hydrogens is 402 g/mol. The van der Waals surface area contributed by atoms with Crippen LogP contribution >= 0.6 is 0 Å². The Hall–Kier alpha value is -3.22. The fraction of sp³-hybridized carbons (Fsp3) is 0.440. The van der Waals surface area contributed by atoms with Gasteiger partial charge in [-0.05, 0) is 49.4 Å². The Labute approximate surface area is 187 Å². The number of carbonyl (C=O) groups excluding carboxylic acids is 2. The van der Waals surface area contributed by atoms with E-state index in [9.17, 15) is 9.59 Å². The van der Waals surface area contributed by atoms with Crippen LogP contribution in [0.5, 0.6) is 0 Å². The molecule has 0 bridgehead atoms. The zero-order valence-electron chi connectivity index (χ0n) is 18.3. The summed E-state index contributed by atoms with van der Waals surface area (Å²) in [6, 6.07) is 10.2. The molecule has 2 aromatic heterocycles. The molecule has 0 atom stereocenters. The highest BCUT2D eigenvalue weighted by atomic mass is 16.2. The molecule has 2 aliphatic rings. The lowest BCUT2D eigenvalue weighted by atomic mass is 9.85. The molecule has 166 valence electrons. The van der Waals surface area contributed by atoms with Crippen molar-refractivity contribution in [1.82, 2.24) is 19.9 Å². The van der Waals surface area contributed by atoms with Gasteiger partial charge in [0.05, 0.1) is 0 Å². The SMILES string of the molecule is O=C(NCCCn1ccc2cnc(Cc3ccc(N4CCCC4=O)cc3)nc21)C1CCC1. The van der Waals surface area contributed by atoms with Crippen LogP contribution in [-0.2, 0) is 22.6 Å². The van der Waals surface area contributed by atoms with E-state index in [1.165, 1.54) is 6.42 Å². The first-order valence-corrected chi connectivity index (χ1v) is 11.7. The van der Waals surface area contributed by atoms with Crippen molar-refractivity contribution in [2.75, 3.05) is 18.0 Å². The molecule has 0 radical (unpaired) electrons. The highest BCUT2D eigenvalue weighted by Gasteiger charge is 2.24. The van der Waals surface area contributed by atoms with Crippen LogP contribution in [0, 0.1) is 5.92 Å². The van der Waals surface area contributed by atoms with Crippen LogP contribution in [0.15, 0.2) is 42.7 Å². The predicted molar refractivity (Wildman–Crippen MR) is 123 cm³/mol. The summed E-state index contributed by atoms with van der Waals surface area (Å²) in [4.78, 5) is 35.1.